The molecule has 1 aromatic carbocycles. The molecule has 0 unspecified atom stereocenters. The molecule has 4 nitrogen and oxygen atoms in total. The molecule has 3 N–H and O–H groups in total. The Kier molecular flexibility index (Phi) is 7.22. The second-order valence-corrected chi connectivity index (χ2v) is 4.18. The van der Waals surface area contributed by atoms with Gasteiger partial charge >= 0.3 is 6.03 Å². The Morgan fingerprint density at radius 2 is 1.88 bits per heavy atom. The van der Waals surface area contributed by atoms with Crippen LogP contribution in [0.2, 0.25) is 10.0 Å². The number of para-hydroxylation sites is 1. The maximum Gasteiger partial charge on any atom is 0.434 e. The fraction of sp³-hybridized carbons (Fsp3) is 0.111. The smallest absolute Gasteiger partial charge is 0.434 e. The highest BCUT2D eigenvalue weighted by Crippen LogP contribution is 2.29. The van der Waals surface area contributed by atoms with Crippen LogP contribution in [0.25, 0.3) is 0 Å². The lowest BCUT2D eigenvalue weighted by Crippen LogP contribution is -3.00. The van der Waals surface area contributed by atoms with Gasteiger partial charge in [0.2, 0.25) is 0 Å². The quantitative estimate of drug-likeness (QED) is 0.192. The van der Waals surface area contributed by atoms with Gasteiger partial charge < -0.3 is 24.0 Å². The number of nitrogens with zero attached hydrogens (tertiary/aromatic N) is 1. The molecule has 94 valence electrons. The van der Waals surface area contributed by atoms with Gasteiger partial charge in [0.1, 0.15) is 5.69 Å². The molecule has 1 aromatic rings. The molecule has 0 aliphatic carbocycles. The highest BCUT2D eigenvalue weighted by Gasteiger charge is 2.13. The van der Waals surface area contributed by atoms with Crippen LogP contribution in [0.15, 0.2) is 18.2 Å². The first kappa shape index (κ1) is 16.8. The van der Waals surface area contributed by atoms with Gasteiger partial charge in [-0.05, 0) is 12.1 Å². The van der Waals surface area contributed by atoms with Crippen LogP contribution in [0.3, 0.4) is 0 Å². The van der Waals surface area contributed by atoms with E-state index in [2.05, 4.69) is 17.9 Å². The third-order valence-electron chi connectivity index (χ3n) is 1.85. The third kappa shape index (κ3) is 4.53. The predicted octanol–water partition coefficient (Wildman–Crippen LogP) is -0.584. The van der Waals surface area contributed by atoms with Gasteiger partial charge in [0.25, 0.3) is 5.17 Å². The molecule has 0 aliphatic heterocycles. The zero-order valence-electron chi connectivity index (χ0n) is 8.75. The Hall–Kier alpha value is -0.180. The van der Waals surface area contributed by atoms with Gasteiger partial charge in [-0.1, -0.05) is 41.9 Å². The lowest BCUT2D eigenvalue weighted by Gasteiger charge is -2.06. The molecular formula is C9H10Cl2IN3OS. The number of urea groups is 1. The van der Waals surface area contributed by atoms with E-state index in [1.165, 1.54) is 7.05 Å². The number of nitrogens with two attached hydrogens (primary N) is 1. The molecular weight excluding hydrogens is 396 g/mol. The summed E-state index contributed by atoms with van der Waals surface area (Å²) >= 11 is 15.9. The van der Waals surface area contributed by atoms with E-state index < -0.39 is 6.03 Å². The predicted molar refractivity (Wildman–Crippen MR) is 69.8 cm³/mol. The number of amides is 2. The van der Waals surface area contributed by atoms with Crippen molar-refractivity contribution in [3.8, 4) is 0 Å². The van der Waals surface area contributed by atoms with E-state index in [4.69, 9.17) is 28.9 Å². The highest BCUT2D eigenvalue weighted by molar-refractivity contribution is 7.97. The number of nitrogens with one attached hydrogen (secondary N) is 1. The number of amidine groups is 1. The van der Waals surface area contributed by atoms with E-state index in [1.807, 2.05) is 0 Å². The van der Waals surface area contributed by atoms with Crippen molar-refractivity contribution in [2.45, 2.75) is 0 Å². The van der Waals surface area contributed by atoms with Crippen molar-refractivity contribution >= 4 is 52.7 Å². The zero-order chi connectivity index (χ0) is 12.3. The monoisotopic (exact) mass is 405 g/mol. The summed E-state index contributed by atoms with van der Waals surface area (Å²) in [4.78, 5) is 10.9. The minimum Gasteiger partial charge on any atom is -1.00 e. The molecule has 0 aliphatic rings. The third-order valence-corrected chi connectivity index (χ3v) is 2.89. The van der Waals surface area contributed by atoms with Crippen molar-refractivity contribution < 1.29 is 33.3 Å². The van der Waals surface area contributed by atoms with Crippen LogP contribution in [0.4, 0.5) is 10.5 Å². The van der Waals surface area contributed by atoms with Gasteiger partial charge in [-0.15, -0.1) is 0 Å². The number of primary amides is 1. The molecule has 8 heteroatoms. The molecule has 17 heavy (non-hydrogen) atoms. The average molecular weight is 406 g/mol. The lowest BCUT2D eigenvalue weighted by molar-refractivity contribution is -0.387. The first-order valence-electron chi connectivity index (χ1n) is 4.23. The van der Waals surface area contributed by atoms with E-state index in [9.17, 15) is 4.79 Å². The van der Waals surface area contributed by atoms with Crippen molar-refractivity contribution in [1.29, 1.82) is 0 Å². The van der Waals surface area contributed by atoms with Gasteiger partial charge in [0, 0.05) is 0 Å². The molecule has 0 saturated carbocycles. The number of hydrogen-bond acceptors (Lipinski definition) is 1. The van der Waals surface area contributed by atoms with E-state index in [-0.39, 0.29) is 29.1 Å². The second-order valence-electron chi connectivity index (χ2n) is 2.94. The summed E-state index contributed by atoms with van der Waals surface area (Å²) in [6.07, 6.45) is 0. The van der Waals surface area contributed by atoms with E-state index >= 15 is 0 Å². The summed E-state index contributed by atoms with van der Waals surface area (Å²) < 4.78 is 1.13. The molecule has 0 spiro atoms. The molecule has 0 saturated heterocycles. The van der Waals surface area contributed by atoms with Crippen LogP contribution < -0.4 is 35.0 Å². The van der Waals surface area contributed by atoms with Gasteiger partial charge in [-0.3, -0.25) is 11.1 Å². The summed E-state index contributed by atoms with van der Waals surface area (Å²) in [6.45, 7) is 0. The van der Waals surface area contributed by atoms with Crippen LogP contribution in [-0.4, -0.2) is 22.8 Å². The number of carbonyl (C=O) groups is 1. The molecule has 0 bridgehead atoms. The summed E-state index contributed by atoms with van der Waals surface area (Å²) in [6, 6.07) is 4.41. The number of halogens is 3. The summed E-state index contributed by atoms with van der Waals surface area (Å²) in [5, 5.41) is 3.90. The molecule has 2 amide bonds. The second kappa shape index (κ2) is 7.30. The Morgan fingerprint density at radius 3 is 2.29 bits per heavy atom. The van der Waals surface area contributed by atoms with Gasteiger partial charge in [-0.2, -0.15) is 4.58 Å². The zero-order valence-corrected chi connectivity index (χ0v) is 13.3. The number of anilines is 1. The fourth-order valence-electron chi connectivity index (χ4n) is 0.917. The van der Waals surface area contributed by atoms with Crippen molar-refractivity contribution in [3.05, 3.63) is 28.2 Å². The van der Waals surface area contributed by atoms with Crippen LogP contribution >= 0.6 is 35.8 Å². The van der Waals surface area contributed by atoms with Crippen LogP contribution in [0, 0.1) is 0 Å². The molecule has 0 heterocycles. The number of rotatable bonds is 1. The molecule has 0 aromatic heterocycles. The maximum absolute atomic E-state index is 10.9. The maximum atomic E-state index is 10.9. The SMILES string of the molecule is C/[N+](C(N)=O)=C(/S)Nc1c(Cl)cccc1Cl.[I-]. The first-order valence-corrected chi connectivity index (χ1v) is 5.44. The topological polar surface area (TPSA) is 58.1 Å². The normalized spacial score (nSPS) is 11.3. The highest BCUT2D eigenvalue weighted by atomic mass is 127. The summed E-state index contributed by atoms with van der Waals surface area (Å²) in [5.41, 5.74) is 5.55. The number of hydrogen-bond donors (Lipinski definition) is 3. The van der Waals surface area contributed by atoms with Crippen molar-refractivity contribution in [2.24, 2.45) is 5.73 Å². The van der Waals surface area contributed by atoms with Crippen LogP contribution in [0.1, 0.15) is 0 Å². The van der Waals surface area contributed by atoms with E-state index in [0.29, 0.717) is 15.7 Å². The van der Waals surface area contributed by atoms with Crippen molar-refractivity contribution in [3.63, 3.8) is 0 Å². The summed E-state index contributed by atoms with van der Waals surface area (Å²) in [7, 11) is 1.47. The van der Waals surface area contributed by atoms with Crippen molar-refractivity contribution in [1.82, 2.24) is 0 Å². The van der Waals surface area contributed by atoms with Gasteiger partial charge in [-0.25, -0.2) is 4.79 Å². The Bertz CT molecular complexity index is 447. The van der Waals surface area contributed by atoms with Crippen LogP contribution in [-0.2, 0) is 0 Å². The van der Waals surface area contributed by atoms with Crippen molar-refractivity contribution in [2.75, 3.05) is 12.4 Å². The molecule has 0 radical (unpaired) electrons. The van der Waals surface area contributed by atoms with E-state index in [1.54, 1.807) is 18.2 Å². The van der Waals surface area contributed by atoms with Crippen LogP contribution in [0.5, 0.6) is 0 Å². The molecule has 0 fully saturated rings. The van der Waals surface area contributed by atoms with Gasteiger partial charge in [0.15, 0.2) is 0 Å². The molecule has 0 atom stereocenters. The number of benzene rings is 1. The number of carbonyl (C=O) groups excluding carboxylic acids is 1. The largest absolute Gasteiger partial charge is 1.00 e. The number of thiol groups is 1. The fourth-order valence-corrected chi connectivity index (χ4v) is 1.62. The Labute approximate surface area is 132 Å². The first-order chi connectivity index (χ1) is 7.43. The van der Waals surface area contributed by atoms with Gasteiger partial charge in [0.05, 0.1) is 17.1 Å². The lowest BCUT2D eigenvalue weighted by atomic mass is 10.3. The molecule has 1 rings (SSSR count). The minimum absolute atomic E-state index is 0. The average Bonchev–Trinajstić information content (AvgIpc) is 2.22. The Balaban J connectivity index is 0.00000256. The Morgan fingerprint density at radius 1 is 1.41 bits per heavy atom. The minimum atomic E-state index is -0.638. The van der Waals surface area contributed by atoms with E-state index in [0.717, 1.165) is 4.58 Å². The summed E-state index contributed by atoms with van der Waals surface area (Å²) in [5.74, 6) is 0. The standard InChI is InChI=1S/C9H9Cl2N3OS.HI/c1-14(8(12)15)9(16)13-7-5(10)3-2-4-6(7)11;/h2-4H,1H3,(H3,12,13,15,16);1H.